The first-order valence-corrected chi connectivity index (χ1v) is 2.27. The quantitative estimate of drug-likeness (QED) is 0.324. The second kappa shape index (κ2) is 3.50. The van der Waals surface area contributed by atoms with Crippen LogP contribution in [0.3, 0.4) is 0 Å². The average Bonchev–Trinajstić information content (AvgIpc) is 1.82. The molecule has 0 aliphatic rings. The van der Waals surface area contributed by atoms with E-state index in [9.17, 15) is 4.79 Å². The van der Waals surface area contributed by atoms with E-state index in [0.29, 0.717) is 0 Å². The Morgan fingerprint density at radius 3 is 2.67 bits per heavy atom. The Morgan fingerprint density at radius 2 is 2.56 bits per heavy atom. The molecule has 4 nitrogen and oxygen atoms in total. The van der Waals surface area contributed by atoms with Gasteiger partial charge in [-0.1, -0.05) is 6.08 Å². The minimum Gasteiger partial charge on any atom is -0.346 e. The van der Waals surface area contributed by atoms with E-state index in [4.69, 9.17) is 12.3 Å². The highest BCUT2D eigenvalue weighted by Crippen LogP contribution is 1.86. The molecule has 0 radical (unpaired) electrons. The Hall–Kier alpha value is -1.50. The molecule has 0 aromatic rings. The van der Waals surface area contributed by atoms with Crippen molar-refractivity contribution in [2.45, 2.75) is 0 Å². The summed E-state index contributed by atoms with van der Waals surface area (Å²) in [7, 11) is 0. The maximum atomic E-state index is 10.2. The van der Waals surface area contributed by atoms with Gasteiger partial charge in [-0.3, -0.25) is 0 Å². The lowest BCUT2D eigenvalue weighted by Crippen LogP contribution is -2.29. The van der Waals surface area contributed by atoms with E-state index in [1.807, 2.05) is 0 Å². The average molecular weight is 125 g/mol. The van der Waals surface area contributed by atoms with Crippen molar-refractivity contribution in [3.05, 3.63) is 24.2 Å². The summed E-state index contributed by atoms with van der Waals surface area (Å²) in [5, 5.41) is 0.785. The van der Waals surface area contributed by atoms with Crippen LogP contribution in [0.25, 0.3) is 4.95 Å². The zero-order chi connectivity index (χ0) is 7.28. The van der Waals surface area contributed by atoms with Gasteiger partial charge in [-0.15, -0.1) is 6.58 Å². The first-order chi connectivity index (χ1) is 4.22. The Labute approximate surface area is 53.3 Å². The van der Waals surface area contributed by atoms with Gasteiger partial charge in [0.2, 0.25) is 0 Å². The van der Waals surface area contributed by atoms with Crippen molar-refractivity contribution >= 4 is 6.03 Å². The lowest BCUT2D eigenvalue weighted by molar-refractivity contribution is 0.227. The normalized spacial score (nSPS) is 7.44. The Morgan fingerprint density at radius 1 is 2.00 bits per heavy atom. The third-order valence-electron chi connectivity index (χ3n) is 0.677. The van der Waals surface area contributed by atoms with Crippen LogP contribution in [-0.2, 0) is 0 Å². The number of rotatable bonds is 2. The monoisotopic (exact) mass is 125 g/mol. The van der Waals surface area contributed by atoms with Gasteiger partial charge in [0.05, 0.1) is 0 Å². The van der Waals surface area contributed by atoms with E-state index in [2.05, 4.69) is 11.5 Å². The van der Waals surface area contributed by atoms with Crippen LogP contribution in [0.1, 0.15) is 0 Å². The molecule has 0 spiro atoms. The second-order valence-electron chi connectivity index (χ2n) is 1.31. The Balaban J connectivity index is 3.86. The van der Waals surface area contributed by atoms with E-state index in [1.165, 1.54) is 6.08 Å². The maximum Gasteiger partial charge on any atom is 0.380 e. The molecule has 0 unspecified atom stereocenters. The minimum absolute atomic E-state index is 0.179. The molecule has 2 amide bonds. The fraction of sp³-hybridized carbons (Fsp3) is 0.200. The van der Waals surface area contributed by atoms with Crippen molar-refractivity contribution in [3.8, 4) is 0 Å². The first-order valence-electron chi connectivity index (χ1n) is 2.27. The standard InChI is InChI=1S/C5H7N3O/c1-3-4-8(7-2)5(6)9/h3H,1,4H2,(H2,6,9). The fourth-order valence-electron chi connectivity index (χ4n) is 0.302. The van der Waals surface area contributed by atoms with Crippen LogP contribution in [0, 0.1) is 6.57 Å². The van der Waals surface area contributed by atoms with Crippen LogP contribution in [0.15, 0.2) is 12.7 Å². The highest BCUT2D eigenvalue weighted by atomic mass is 16.2. The van der Waals surface area contributed by atoms with E-state index < -0.39 is 6.03 Å². The molecule has 4 heteroatoms. The summed E-state index contributed by atoms with van der Waals surface area (Å²) in [6.45, 7) is 9.91. The van der Waals surface area contributed by atoms with Crippen LogP contribution < -0.4 is 5.73 Å². The third-order valence-corrected chi connectivity index (χ3v) is 0.677. The molecule has 0 saturated carbocycles. The molecule has 2 N–H and O–H groups in total. The van der Waals surface area contributed by atoms with Crippen LogP contribution in [0.2, 0.25) is 0 Å². The molecule has 0 aliphatic carbocycles. The molecule has 0 rings (SSSR count). The van der Waals surface area contributed by atoms with Crippen LogP contribution in [-0.4, -0.2) is 17.6 Å². The fourth-order valence-corrected chi connectivity index (χ4v) is 0.302. The van der Waals surface area contributed by atoms with Gasteiger partial charge in [-0.25, -0.2) is 4.79 Å². The van der Waals surface area contributed by atoms with Gasteiger partial charge in [0.25, 0.3) is 0 Å². The topological polar surface area (TPSA) is 50.7 Å². The van der Waals surface area contributed by atoms with E-state index >= 15 is 0 Å². The number of carbonyl (C=O) groups is 1. The summed E-state index contributed by atoms with van der Waals surface area (Å²) >= 11 is 0. The number of urea groups is 1. The molecule has 0 aliphatic heterocycles. The summed E-state index contributed by atoms with van der Waals surface area (Å²) in [5.41, 5.74) is 4.76. The van der Waals surface area contributed by atoms with Gasteiger partial charge >= 0.3 is 6.03 Å². The number of amides is 2. The summed E-state index contributed by atoms with van der Waals surface area (Å²) in [6.07, 6.45) is 1.43. The number of primary amides is 1. The van der Waals surface area contributed by atoms with Gasteiger partial charge in [0, 0.05) is 0 Å². The molecule has 0 bridgehead atoms. The van der Waals surface area contributed by atoms with E-state index in [-0.39, 0.29) is 6.54 Å². The van der Waals surface area contributed by atoms with Crippen molar-refractivity contribution in [2.75, 3.05) is 6.54 Å². The van der Waals surface area contributed by atoms with Crippen molar-refractivity contribution in [2.24, 2.45) is 5.73 Å². The molecular weight excluding hydrogens is 118 g/mol. The number of carbonyl (C=O) groups excluding carboxylic acids is 1. The molecule has 0 heterocycles. The summed E-state index contributed by atoms with van der Waals surface area (Å²) in [5.74, 6) is 0. The number of nitrogens with two attached hydrogens (primary N) is 1. The van der Waals surface area contributed by atoms with Gasteiger partial charge in [0.1, 0.15) is 6.54 Å². The molecule has 0 fully saturated rings. The van der Waals surface area contributed by atoms with Gasteiger partial charge in [-0.2, -0.15) is 11.5 Å². The zero-order valence-corrected chi connectivity index (χ0v) is 4.87. The first kappa shape index (κ1) is 7.50. The van der Waals surface area contributed by atoms with Gasteiger partial charge in [-0.05, 0) is 5.01 Å². The van der Waals surface area contributed by atoms with Crippen LogP contribution in [0.4, 0.5) is 4.79 Å². The van der Waals surface area contributed by atoms with Crippen molar-refractivity contribution < 1.29 is 4.79 Å². The van der Waals surface area contributed by atoms with Crippen molar-refractivity contribution in [3.63, 3.8) is 0 Å². The van der Waals surface area contributed by atoms with Crippen LogP contribution in [0.5, 0.6) is 0 Å². The molecule has 0 saturated heterocycles. The summed E-state index contributed by atoms with van der Waals surface area (Å²) < 4.78 is 0. The molecule has 0 aromatic heterocycles. The SMILES string of the molecule is [C-]#[N+]N(CC=C)C(N)=O. The number of nitrogens with zero attached hydrogens (tertiary/aromatic N) is 2. The summed E-state index contributed by atoms with van der Waals surface area (Å²) in [6, 6.07) is -0.745. The van der Waals surface area contributed by atoms with Gasteiger partial charge < -0.3 is 5.73 Å². The van der Waals surface area contributed by atoms with Crippen LogP contribution >= 0.6 is 0 Å². The van der Waals surface area contributed by atoms with E-state index in [0.717, 1.165) is 5.01 Å². The summed E-state index contributed by atoms with van der Waals surface area (Å²) in [4.78, 5) is 13.0. The zero-order valence-electron chi connectivity index (χ0n) is 4.87. The molecular formula is C5H7N3O. The lowest BCUT2D eigenvalue weighted by Gasteiger charge is -1.98. The largest absolute Gasteiger partial charge is 0.380 e. The predicted molar refractivity (Wildman–Crippen MR) is 33.1 cm³/mol. The Bertz CT molecular complexity index is 158. The highest BCUT2D eigenvalue weighted by Gasteiger charge is 2.09. The Kier molecular flexibility index (Phi) is 2.91. The molecule has 0 atom stereocenters. The molecule has 0 aromatic carbocycles. The smallest absolute Gasteiger partial charge is 0.346 e. The van der Waals surface area contributed by atoms with Crippen molar-refractivity contribution in [1.29, 1.82) is 0 Å². The van der Waals surface area contributed by atoms with Gasteiger partial charge in [0.15, 0.2) is 0 Å². The minimum atomic E-state index is -0.745. The molecule has 9 heavy (non-hydrogen) atoms. The number of hydrogen-bond donors (Lipinski definition) is 1. The van der Waals surface area contributed by atoms with E-state index in [1.54, 1.807) is 0 Å². The maximum absolute atomic E-state index is 10.2. The lowest BCUT2D eigenvalue weighted by atomic mass is 10.6. The number of hydrogen-bond acceptors (Lipinski definition) is 1. The second-order valence-corrected chi connectivity index (χ2v) is 1.31. The third kappa shape index (κ3) is 2.34. The van der Waals surface area contributed by atoms with Crippen molar-refractivity contribution in [1.82, 2.24) is 5.01 Å². The predicted octanol–water partition coefficient (Wildman–Crippen LogP) is 0.387. The highest BCUT2D eigenvalue weighted by molar-refractivity contribution is 5.72. The molecule has 48 valence electrons.